The van der Waals surface area contributed by atoms with Crippen LogP contribution in [0, 0.1) is 0 Å². The van der Waals surface area contributed by atoms with E-state index < -0.39 is 0 Å². The molecule has 0 radical (unpaired) electrons. The Kier molecular flexibility index (Phi) is 17.4. The van der Waals surface area contributed by atoms with Crippen LogP contribution in [0.5, 0.6) is 0 Å². The van der Waals surface area contributed by atoms with Gasteiger partial charge in [0.05, 0.1) is 0 Å². The smallest absolute Gasteiger partial charge is 0.00489 e. The molecule has 0 amide bonds. The first-order valence-corrected chi connectivity index (χ1v) is 8.77. The van der Waals surface area contributed by atoms with Crippen LogP contribution in [-0.4, -0.2) is 13.1 Å². The Morgan fingerprint density at radius 1 is 0.579 bits per heavy atom. The zero-order chi connectivity index (χ0) is 14.0. The summed E-state index contributed by atoms with van der Waals surface area (Å²) < 4.78 is 0. The number of hydrogen-bond donors (Lipinski definition) is 1. The van der Waals surface area contributed by atoms with Crippen LogP contribution >= 0.6 is 0 Å². The van der Waals surface area contributed by atoms with Gasteiger partial charge in [0.2, 0.25) is 0 Å². The highest BCUT2D eigenvalue weighted by molar-refractivity contribution is 4.81. The lowest BCUT2D eigenvalue weighted by atomic mass is 10.1. The van der Waals surface area contributed by atoms with Crippen molar-refractivity contribution in [1.29, 1.82) is 0 Å². The molecule has 0 aromatic rings. The van der Waals surface area contributed by atoms with Crippen LogP contribution in [0.3, 0.4) is 0 Å². The molecule has 0 aliphatic rings. The third kappa shape index (κ3) is 17.7. The fourth-order valence-corrected chi connectivity index (χ4v) is 2.20. The average molecular weight is 268 g/mol. The van der Waals surface area contributed by atoms with Gasteiger partial charge in [0.1, 0.15) is 0 Å². The van der Waals surface area contributed by atoms with E-state index in [1.54, 1.807) is 0 Å². The number of unbranched alkanes of at least 4 members (excludes halogenated alkanes) is 9. The molecule has 19 heavy (non-hydrogen) atoms. The molecule has 1 nitrogen and oxygen atoms in total. The minimum Gasteiger partial charge on any atom is -0.317 e. The van der Waals surface area contributed by atoms with E-state index in [9.17, 15) is 0 Å². The third-order valence-electron chi connectivity index (χ3n) is 3.57. The molecule has 0 aromatic carbocycles. The maximum absolute atomic E-state index is 3.51. The standard InChI is InChI=1S/C18H37N/c1-3-5-7-8-9-10-11-12-13-14-15-16-18-19-17-6-4-2/h8-9,19H,3-7,10-18H2,1-2H3/b9-8-. The second-order valence-corrected chi connectivity index (χ2v) is 5.63. The zero-order valence-electron chi connectivity index (χ0n) is 13.6. The van der Waals surface area contributed by atoms with E-state index in [0.717, 1.165) is 0 Å². The van der Waals surface area contributed by atoms with Crippen molar-refractivity contribution in [2.45, 2.75) is 90.9 Å². The normalized spacial score (nSPS) is 11.5. The number of allylic oxidation sites excluding steroid dienone is 2. The molecular formula is C18H37N. The lowest BCUT2D eigenvalue weighted by molar-refractivity contribution is 0.559. The molecule has 0 aliphatic carbocycles. The van der Waals surface area contributed by atoms with Crippen molar-refractivity contribution in [1.82, 2.24) is 5.32 Å². The van der Waals surface area contributed by atoms with Gasteiger partial charge in [-0.15, -0.1) is 0 Å². The van der Waals surface area contributed by atoms with E-state index in [1.807, 2.05) is 0 Å². The Bertz CT molecular complexity index is 175. The van der Waals surface area contributed by atoms with Crippen LogP contribution in [0.2, 0.25) is 0 Å². The molecule has 0 fully saturated rings. The van der Waals surface area contributed by atoms with Crippen molar-refractivity contribution in [2.24, 2.45) is 0 Å². The van der Waals surface area contributed by atoms with Gasteiger partial charge in [-0.25, -0.2) is 0 Å². The van der Waals surface area contributed by atoms with E-state index in [-0.39, 0.29) is 0 Å². The second kappa shape index (κ2) is 17.7. The van der Waals surface area contributed by atoms with E-state index >= 15 is 0 Å². The number of nitrogens with one attached hydrogen (secondary N) is 1. The van der Waals surface area contributed by atoms with Gasteiger partial charge in [-0.05, 0) is 45.2 Å². The lowest BCUT2D eigenvalue weighted by Crippen LogP contribution is -2.16. The number of hydrogen-bond acceptors (Lipinski definition) is 1. The fourth-order valence-electron chi connectivity index (χ4n) is 2.20. The number of rotatable bonds is 15. The van der Waals surface area contributed by atoms with E-state index in [4.69, 9.17) is 0 Å². The predicted octanol–water partition coefficient (Wildman–Crippen LogP) is 5.85. The summed E-state index contributed by atoms with van der Waals surface area (Å²) in [5.41, 5.74) is 0. The molecule has 0 rings (SSSR count). The first-order valence-electron chi connectivity index (χ1n) is 8.77. The molecule has 0 bridgehead atoms. The lowest BCUT2D eigenvalue weighted by Gasteiger charge is -2.03. The highest BCUT2D eigenvalue weighted by Crippen LogP contribution is 2.07. The maximum Gasteiger partial charge on any atom is -0.00489 e. The molecule has 0 saturated heterocycles. The quantitative estimate of drug-likeness (QED) is 0.290. The molecule has 0 saturated carbocycles. The van der Waals surface area contributed by atoms with Crippen molar-refractivity contribution in [3.05, 3.63) is 12.2 Å². The molecule has 114 valence electrons. The Morgan fingerprint density at radius 3 is 1.79 bits per heavy atom. The summed E-state index contributed by atoms with van der Waals surface area (Å²) in [6.07, 6.45) is 21.0. The molecule has 1 N–H and O–H groups in total. The van der Waals surface area contributed by atoms with E-state index in [1.165, 1.54) is 90.1 Å². The summed E-state index contributed by atoms with van der Waals surface area (Å²) in [6.45, 7) is 6.94. The second-order valence-electron chi connectivity index (χ2n) is 5.63. The fraction of sp³-hybridized carbons (Fsp3) is 0.889. The minimum atomic E-state index is 1.21. The van der Waals surface area contributed by atoms with Gasteiger partial charge >= 0.3 is 0 Å². The Morgan fingerprint density at radius 2 is 1.11 bits per heavy atom. The van der Waals surface area contributed by atoms with Gasteiger partial charge in [0.25, 0.3) is 0 Å². The highest BCUT2D eigenvalue weighted by atomic mass is 14.8. The molecular weight excluding hydrogens is 230 g/mol. The van der Waals surface area contributed by atoms with Crippen LogP contribution in [0.1, 0.15) is 90.9 Å². The summed E-state index contributed by atoms with van der Waals surface area (Å²) in [5, 5.41) is 3.51. The summed E-state index contributed by atoms with van der Waals surface area (Å²) in [6, 6.07) is 0. The van der Waals surface area contributed by atoms with Crippen molar-refractivity contribution in [2.75, 3.05) is 13.1 Å². The summed E-state index contributed by atoms with van der Waals surface area (Å²) >= 11 is 0. The topological polar surface area (TPSA) is 12.0 Å². The van der Waals surface area contributed by atoms with Crippen molar-refractivity contribution in [3.63, 3.8) is 0 Å². The minimum absolute atomic E-state index is 1.21. The van der Waals surface area contributed by atoms with Gasteiger partial charge in [-0.3, -0.25) is 0 Å². The summed E-state index contributed by atoms with van der Waals surface area (Å²) in [5.74, 6) is 0. The molecule has 0 spiro atoms. The van der Waals surface area contributed by atoms with Gasteiger partial charge in [-0.1, -0.05) is 70.9 Å². The Labute approximate surface area is 122 Å². The third-order valence-corrected chi connectivity index (χ3v) is 3.57. The Balaban J connectivity index is 2.97. The molecule has 0 heterocycles. The average Bonchev–Trinajstić information content (AvgIpc) is 2.43. The SMILES string of the molecule is CCCC/C=C\CCCCCCCCNCCCC. The first kappa shape index (κ1) is 18.7. The van der Waals surface area contributed by atoms with Crippen molar-refractivity contribution < 1.29 is 0 Å². The largest absolute Gasteiger partial charge is 0.317 e. The van der Waals surface area contributed by atoms with Gasteiger partial charge in [0, 0.05) is 0 Å². The van der Waals surface area contributed by atoms with Gasteiger partial charge in [0.15, 0.2) is 0 Å². The van der Waals surface area contributed by atoms with Crippen molar-refractivity contribution in [3.8, 4) is 0 Å². The highest BCUT2D eigenvalue weighted by Gasteiger charge is 1.91. The zero-order valence-corrected chi connectivity index (χ0v) is 13.6. The van der Waals surface area contributed by atoms with Crippen LogP contribution in [0.4, 0.5) is 0 Å². The summed E-state index contributed by atoms with van der Waals surface area (Å²) in [7, 11) is 0. The molecule has 1 heteroatoms. The van der Waals surface area contributed by atoms with Crippen molar-refractivity contribution >= 4 is 0 Å². The summed E-state index contributed by atoms with van der Waals surface area (Å²) in [4.78, 5) is 0. The Hall–Kier alpha value is -0.300. The molecule has 0 aliphatic heterocycles. The van der Waals surface area contributed by atoms with Gasteiger partial charge in [-0.2, -0.15) is 0 Å². The predicted molar refractivity (Wildman–Crippen MR) is 88.8 cm³/mol. The maximum atomic E-state index is 3.51. The molecule has 0 unspecified atom stereocenters. The van der Waals surface area contributed by atoms with E-state index in [2.05, 4.69) is 31.3 Å². The van der Waals surface area contributed by atoms with Crippen LogP contribution in [0.15, 0.2) is 12.2 Å². The monoisotopic (exact) mass is 267 g/mol. The molecule has 0 atom stereocenters. The van der Waals surface area contributed by atoms with Gasteiger partial charge < -0.3 is 5.32 Å². The molecule has 0 aromatic heterocycles. The van der Waals surface area contributed by atoms with Crippen LogP contribution in [0.25, 0.3) is 0 Å². The first-order chi connectivity index (χ1) is 9.41. The van der Waals surface area contributed by atoms with Crippen LogP contribution in [-0.2, 0) is 0 Å². The van der Waals surface area contributed by atoms with Crippen LogP contribution < -0.4 is 5.32 Å². The van der Waals surface area contributed by atoms with E-state index in [0.29, 0.717) is 0 Å².